The van der Waals surface area contributed by atoms with Crippen molar-refractivity contribution in [1.29, 1.82) is 0 Å². The number of likely N-dealkylation sites (tertiary alicyclic amines) is 1. The van der Waals surface area contributed by atoms with Crippen molar-refractivity contribution in [1.82, 2.24) is 4.90 Å². The van der Waals surface area contributed by atoms with Crippen LogP contribution in [0.1, 0.15) is 66.0 Å². The summed E-state index contributed by atoms with van der Waals surface area (Å²) in [7, 11) is 0. The highest BCUT2D eigenvalue weighted by atomic mass is 16.5. The molecular formula is C35H37NO5. The molecule has 1 aliphatic heterocycles. The lowest BCUT2D eigenvalue weighted by Crippen LogP contribution is -2.56. The Bertz CT molecular complexity index is 1610. The van der Waals surface area contributed by atoms with E-state index in [2.05, 4.69) is 12.1 Å². The van der Waals surface area contributed by atoms with Gasteiger partial charge in [0.25, 0.3) is 5.91 Å². The zero-order valence-corrected chi connectivity index (χ0v) is 23.8. The van der Waals surface area contributed by atoms with Gasteiger partial charge in [-0.05, 0) is 67.5 Å². The molecule has 0 spiro atoms. The van der Waals surface area contributed by atoms with Crippen LogP contribution in [-0.4, -0.2) is 34.7 Å². The molecule has 1 saturated carbocycles. The van der Waals surface area contributed by atoms with E-state index in [-0.39, 0.29) is 30.1 Å². The Morgan fingerprint density at radius 3 is 2.51 bits per heavy atom. The van der Waals surface area contributed by atoms with Gasteiger partial charge in [-0.15, -0.1) is 0 Å². The van der Waals surface area contributed by atoms with Gasteiger partial charge in [0.1, 0.15) is 11.3 Å². The Labute approximate surface area is 240 Å². The molecule has 1 amide bonds. The number of piperidine rings is 1. The average molecular weight is 552 g/mol. The first kappa shape index (κ1) is 27.3. The summed E-state index contributed by atoms with van der Waals surface area (Å²) >= 11 is 0. The molecule has 2 aliphatic rings. The summed E-state index contributed by atoms with van der Waals surface area (Å²) in [5.41, 5.74) is 3.69. The summed E-state index contributed by atoms with van der Waals surface area (Å²) in [6, 6.07) is 23.5. The van der Waals surface area contributed by atoms with Gasteiger partial charge in [0.05, 0.1) is 17.0 Å². The molecule has 4 aromatic rings. The SMILES string of the molecule is Cc1cc(OCC(=O)N2CC[C@]3(O)CCCC[C@@H]3[C@@H]2c2ccccc2)c2c(C)c(Cc3ccccc3)c(=O)oc2c1. The molecule has 1 saturated heterocycles. The van der Waals surface area contributed by atoms with Crippen LogP contribution >= 0.6 is 0 Å². The standard InChI is InChI=1S/C35H37NO5/c1-23-19-29(32-24(2)27(34(38)41-30(32)20-23)21-25-11-5-3-6-12-25)40-22-31(37)36-18-17-35(39)16-10-9-15-28(35)33(36)26-13-7-4-8-14-26/h3-8,11-14,19-20,28,33,39H,9-10,15-18,21-22H2,1-2H3/t28-,33+,35-/m1/s1. The predicted octanol–water partition coefficient (Wildman–Crippen LogP) is 6.27. The second-order valence-electron chi connectivity index (χ2n) is 11.7. The Morgan fingerprint density at radius 1 is 1.02 bits per heavy atom. The molecule has 0 bridgehead atoms. The van der Waals surface area contributed by atoms with Gasteiger partial charge >= 0.3 is 5.63 Å². The number of nitrogens with zero attached hydrogens (tertiary/aromatic N) is 1. The fourth-order valence-corrected chi connectivity index (χ4v) is 7.00. The van der Waals surface area contributed by atoms with Gasteiger partial charge < -0.3 is 19.2 Å². The Balaban J connectivity index is 1.31. The normalized spacial score (nSPS) is 22.4. The maximum absolute atomic E-state index is 13.8. The van der Waals surface area contributed by atoms with Crippen LogP contribution in [0.25, 0.3) is 11.0 Å². The minimum atomic E-state index is -0.743. The highest BCUT2D eigenvalue weighted by Gasteiger charge is 2.50. The summed E-state index contributed by atoms with van der Waals surface area (Å²) in [5.74, 6) is 0.417. The van der Waals surface area contributed by atoms with Crippen LogP contribution < -0.4 is 10.4 Å². The van der Waals surface area contributed by atoms with E-state index in [4.69, 9.17) is 9.15 Å². The van der Waals surface area contributed by atoms with Crippen LogP contribution in [0.4, 0.5) is 0 Å². The van der Waals surface area contributed by atoms with Crippen molar-refractivity contribution in [3.63, 3.8) is 0 Å². The smallest absolute Gasteiger partial charge is 0.340 e. The fraction of sp³-hybridized carbons (Fsp3) is 0.371. The second-order valence-corrected chi connectivity index (χ2v) is 11.7. The monoisotopic (exact) mass is 551 g/mol. The number of fused-ring (bicyclic) bond motifs is 2. The number of ether oxygens (including phenoxy) is 1. The Morgan fingerprint density at radius 2 is 1.76 bits per heavy atom. The molecule has 1 N–H and O–H groups in total. The number of carbonyl (C=O) groups is 1. The van der Waals surface area contributed by atoms with Crippen LogP contribution in [0.15, 0.2) is 82.0 Å². The maximum atomic E-state index is 13.8. The zero-order valence-electron chi connectivity index (χ0n) is 23.8. The van der Waals surface area contributed by atoms with Gasteiger partial charge in [-0.3, -0.25) is 4.79 Å². The van der Waals surface area contributed by atoms with E-state index in [9.17, 15) is 14.7 Å². The molecule has 212 valence electrons. The van der Waals surface area contributed by atoms with Crippen molar-refractivity contribution >= 4 is 16.9 Å². The van der Waals surface area contributed by atoms with Crippen LogP contribution in [0, 0.1) is 19.8 Å². The van der Waals surface area contributed by atoms with Gasteiger partial charge in [-0.25, -0.2) is 4.79 Å². The summed E-state index contributed by atoms with van der Waals surface area (Å²) < 4.78 is 12.0. The second kappa shape index (κ2) is 11.2. The number of aryl methyl sites for hydroxylation is 2. The minimum Gasteiger partial charge on any atom is -0.483 e. The molecule has 6 nitrogen and oxygen atoms in total. The molecule has 3 aromatic carbocycles. The first-order valence-electron chi connectivity index (χ1n) is 14.6. The van der Waals surface area contributed by atoms with Crippen LogP contribution in [0.3, 0.4) is 0 Å². The predicted molar refractivity (Wildman–Crippen MR) is 159 cm³/mol. The van der Waals surface area contributed by atoms with Crippen molar-refractivity contribution in [3.05, 3.63) is 111 Å². The number of amides is 1. The van der Waals surface area contributed by atoms with Crippen molar-refractivity contribution < 1.29 is 19.1 Å². The van der Waals surface area contributed by atoms with Crippen molar-refractivity contribution in [2.45, 2.75) is 64.0 Å². The Kier molecular flexibility index (Phi) is 7.43. The number of hydrogen-bond donors (Lipinski definition) is 1. The van der Waals surface area contributed by atoms with Crippen LogP contribution in [0.5, 0.6) is 5.75 Å². The molecule has 2 fully saturated rings. The molecular weight excluding hydrogens is 514 g/mol. The average Bonchev–Trinajstić information content (AvgIpc) is 2.97. The van der Waals surface area contributed by atoms with Gasteiger partial charge in [-0.1, -0.05) is 73.5 Å². The molecule has 0 unspecified atom stereocenters. The van der Waals surface area contributed by atoms with E-state index in [1.165, 1.54) is 0 Å². The first-order valence-corrected chi connectivity index (χ1v) is 14.6. The molecule has 2 heterocycles. The summed E-state index contributed by atoms with van der Waals surface area (Å²) in [6.07, 6.45) is 4.78. The van der Waals surface area contributed by atoms with Gasteiger partial charge in [0.15, 0.2) is 6.61 Å². The molecule has 6 rings (SSSR count). The number of hydrogen-bond acceptors (Lipinski definition) is 5. The van der Waals surface area contributed by atoms with E-state index in [1.807, 2.05) is 79.4 Å². The molecule has 6 heteroatoms. The molecule has 41 heavy (non-hydrogen) atoms. The van der Waals surface area contributed by atoms with Gasteiger partial charge in [0, 0.05) is 24.4 Å². The number of aliphatic hydroxyl groups is 1. The van der Waals surface area contributed by atoms with Gasteiger partial charge in [-0.2, -0.15) is 0 Å². The number of rotatable bonds is 6. The third kappa shape index (κ3) is 5.29. The summed E-state index contributed by atoms with van der Waals surface area (Å²) in [4.78, 5) is 28.7. The summed E-state index contributed by atoms with van der Waals surface area (Å²) in [5, 5.41) is 12.3. The van der Waals surface area contributed by atoms with Crippen molar-refractivity contribution in [3.8, 4) is 5.75 Å². The molecule has 1 aromatic heterocycles. The van der Waals surface area contributed by atoms with E-state index in [0.29, 0.717) is 41.7 Å². The highest BCUT2D eigenvalue weighted by Crippen LogP contribution is 2.49. The van der Waals surface area contributed by atoms with Crippen molar-refractivity contribution in [2.75, 3.05) is 13.2 Å². The topological polar surface area (TPSA) is 80.0 Å². The lowest BCUT2D eigenvalue weighted by molar-refractivity contribution is -0.157. The number of benzene rings is 3. The largest absolute Gasteiger partial charge is 0.483 e. The lowest BCUT2D eigenvalue weighted by Gasteiger charge is -2.52. The first-order chi connectivity index (χ1) is 19.8. The third-order valence-electron chi connectivity index (χ3n) is 9.09. The van der Waals surface area contributed by atoms with E-state index in [0.717, 1.165) is 47.9 Å². The van der Waals surface area contributed by atoms with E-state index in [1.54, 1.807) is 0 Å². The van der Waals surface area contributed by atoms with Crippen molar-refractivity contribution in [2.24, 2.45) is 5.92 Å². The van der Waals surface area contributed by atoms with Crippen LogP contribution in [-0.2, 0) is 11.2 Å². The van der Waals surface area contributed by atoms with Crippen LogP contribution in [0.2, 0.25) is 0 Å². The molecule has 3 atom stereocenters. The van der Waals surface area contributed by atoms with E-state index >= 15 is 0 Å². The third-order valence-corrected chi connectivity index (χ3v) is 9.09. The highest BCUT2D eigenvalue weighted by molar-refractivity contribution is 5.89. The van der Waals surface area contributed by atoms with Gasteiger partial charge in [0.2, 0.25) is 0 Å². The molecule has 0 radical (unpaired) electrons. The Hall–Kier alpha value is -3.90. The fourth-order valence-electron chi connectivity index (χ4n) is 7.00. The lowest BCUT2D eigenvalue weighted by atomic mass is 9.66. The summed E-state index contributed by atoms with van der Waals surface area (Å²) in [6.45, 7) is 4.18. The molecule has 1 aliphatic carbocycles. The quantitative estimate of drug-likeness (QED) is 0.286. The van der Waals surface area contributed by atoms with E-state index < -0.39 is 5.60 Å². The zero-order chi connectivity index (χ0) is 28.6. The number of carbonyl (C=O) groups excluding carboxylic acids is 1. The minimum absolute atomic E-state index is 0.00628. The maximum Gasteiger partial charge on any atom is 0.340 e.